The lowest BCUT2D eigenvalue weighted by atomic mass is 9.82. The maximum absolute atomic E-state index is 12.4. The second-order valence-electron chi connectivity index (χ2n) is 5.40. The summed E-state index contributed by atoms with van der Waals surface area (Å²) < 4.78 is 10.1. The maximum Gasteiger partial charge on any atom is 0.337 e. The first-order valence-corrected chi connectivity index (χ1v) is 7.07. The number of carbonyl (C=O) groups excluding carboxylic acids is 2. The molecule has 7 nitrogen and oxygen atoms in total. The summed E-state index contributed by atoms with van der Waals surface area (Å²) in [6, 6.07) is 6.16. The van der Waals surface area contributed by atoms with Crippen LogP contribution in [-0.4, -0.2) is 42.3 Å². The highest BCUT2D eigenvalue weighted by atomic mass is 16.5. The second kappa shape index (κ2) is 5.85. The Kier molecular flexibility index (Phi) is 3.87. The van der Waals surface area contributed by atoms with Crippen LogP contribution in [0.15, 0.2) is 36.4 Å². The largest absolute Gasteiger partial charge is 0.481 e. The van der Waals surface area contributed by atoms with Gasteiger partial charge in [0.2, 0.25) is 5.91 Å². The summed E-state index contributed by atoms with van der Waals surface area (Å²) in [7, 11) is 1.28. The van der Waals surface area contributed by atoms with Crippen LogP contribution in [0.25, 0.3) is 0 Å². The third kappa shape index (κ3) is 2.70. The summed E-state index contributed by atoms with van der Waals surface area (Å²) in [5.74, 6) is -3.61. The zero-order valence-corrected chi connectivity index (χ0v) is 12.3. The minimum absolute atomic E-state index is 0.361. The molecule has 0 aliphatic carbocycles. The van der Waals surface area contributed by atoms with Gasteiger partial charge in [-0.15, -0.1) is 0 Å². The second-order valence-corrected chi connectivity index (χ2v) is 5.40. The summed E-state index contributed by atoms with van der Waals surface area (Å²) in [5, 5.41) is 12.0. The number of benzene rings is 1. The van der Waals surface area contributed by atoms with Gasteiger partial charge < -0.3 is 19.9 Å². The SMILES string of the molecule is COC(=O)c1ccc(NC(=O)[C@@H]2[C@@H](C(=O)O)[C@H]3C=C[C@@H]2O3)cc1. The minimum Gasteiger partial charge on any atom is -0.481 e. The predicted molar refractivity (Wildman–Crippen MR) is 78.8 cm³/mol. The van der Waals surface area contributed by atoms with E-state index in [4.69, 9.17) is 4.74 Å². The lowest BCUT2D eigenvalue weighted by molar-refractivity contribution is -0.145. The number of methoxy groups -OCH3 is 1. The zero-order chi connectivity index (χ0) is 16.6. The predicted octanol–water partition coefficient (Wildman–Crippen LogP) is 1.07. The van der Waals surface area contributed by atoms with Gasteiger partial charge >= 0.3 is 11.9 Å². The number of fused-ring (bicyclic) bond motifs is 2. The molecular formula is C16H15NO6. The molecule has 0 radical (unpaired) electrons. The molecule has 0 aromatic heterocycles. The molecule has 23 heavy (non-hydrogen) atoms. The average molecular weight is 317 g/mol. The van der Waals surface area contributed by atoms with Crippen molar-refractivity contribution >= 4 is 23.5 Å². The van der Waals surface area contributed by atoms with Gasteiger partial charge in [-0.25, -0.2) is 4.79 Å². The van der Waals surface area contributed by atoms with Gasteiger partial charge in [-0.1, -0.05) is 12.2 Å². The number of nitrogens with one attached hydrogen (secondary N) is 1. The number of carboxylic acids is 1. The summed E-state index contributed by atoms with van der Waals surface area (Å²) >= 11 is 0. The van der Waals surface area contributed by atoms with Crippen molar-refractivity contribution in [2.24, 2.45) is 11.8 Å². The molecule has 1 aromatic carbocycles. The Morgan fingerprint density at radius 2 is 1.70 bits per heavy atom. The van der Waals surface area contributed by atoms with Gasteiger partial charge in [0.05, 0.1) is 30.8 Å². The third-order valence-corrected chi connectivity index (χ3v) is 4.06. The van der Waals surface area contributed by atoms with Crippen molar-refractivity contribution in [3.63, 3.8) is 0 Å². The molecule has 120 valence electrons. The number of hydrogen-bond donors (Lipinski definition) is 2. The molecule has 0 spiro atoms. The molecule has 2 aliphatic rings. The standard InChI is InChI=1S/C16H15NO6/c1-22-16(21)8-2-4-9(5-3-8)17-14(18)12-10-6-7-11(23-10)13(12)15(19)20/h2-7,10-13H,1H3,(H,17,18)(H,19,20)/t10-,11+,12-,13-/m0/s1. The summed E-state index contributed by atoms with van der Waals surface area (Å²) in [4.78, 5) is 35.1. The number of hydrogen-bond acceptors (Lipinski definition) is 5. The molecule has 2 aliphatic heterocycles. The molecule has 1 amide bonds. The minimum atomic E-state index is -1.05. The Balaban J connectivity index is 1.73. The molecule has 2 heterocycles. The molecule has 3 rings (SSSR count). The number of esters is 1. The molecule has 1 aromatic rings. The van der Waals surface area contributed by atoms with E-state index in [0.717, 1.165) is 0 Å². The van der Waals surface area contributed by atoms with E-state index in [1.165, 1.54) is 19.2 Å². The fraction of sp³-hybridized carbons (Fsp3) is 0.312. The number of rotatable bonds is 4. The van der Waals surface area contributed by atoms with E-state index < -0.39 is 41.9 Å². The Morgan fingerprint density at radius 3 is 2.26 bits per heavy atom. The van der Waals surface area contributed by atoms with Crippen LogP contribution in [0.4, 0.5) is 5.69 Å². The van der Waals surface area contributed by atoms with E-state index in [-0.39, 0.29) is 0 Å². The number of anilines is 1. The highest BCUT2D eigenvalue weighted by Gasteiger charge is 2.53. The Morgan fingerprint density at radius 1 is 1.09 bits per heavy atom. The van der Waals surface area contributed by atoms with E-state index in [0.29, 0.717) is 11.3 Å². The maximum atomic E-state index is 12.4. The van der Waals surface area contributed by atoms with Crippen LogP contribution in [0.2, 0.25) is 0 Å². The van der Waals surface area contributed by atoms with Gasteiger partial charge in [-0.2, -0.15) is 0 Å². The van der Waals surface area contributed by atoms with Gasteiger partial charge in [0.1, 0.15) is 5.92 Å². The average Bonchev–Trinajstić information content (AvgIpc) is 3.15. The van der Waals surface area contributed by atoms with Crippen molar-refractivity contribution in [3.05, 3.63) is 42.0 Å². The van der Waals surface area contributed by atoms with Crippen molar-refractivity contribution in [2.75, 3.05) is 12.4 Å². The van der Waals surface area contributed by atoms with Crippen molar-refractivity contribution < 1.29 is 29.0 Å². The smallest absolute Gasteiger partial charge is 0.337 e. The first kappa shape index (κ1) is 15.2. The number of carbonyl (C=O) groups is 3. The normalized spacial score (nSPS) is 27.7. The first-order valence-electron chi connectivity index (χ1n) is 7.07. The number of amides is 1. The van der Waals surface area contributed by atoms with Gasteiger partial charge in [-0.3, -0.25) is 9.59 Å². The van der Waals surface area contributed by atoms with Gasteiger partial charge in [-0.05, 0) is 24.3 Å². The molecule has 0 unspecified atom stereocenters. The molecule has 1 saturated heterocycles. The quantitative estimate of drug-likeness (QED) is 0.636. The Bertz CT molecular complexity index is 680. The van der Waals surface area contributed by atoms with Crippen LogP contribution < -0.4 is 5.32 Å². The van der Waals surface area contributed by atoms with E-state index in [1.807, 2.05) is 0 Å². The summed E-state index contributed by atoms with van der Waals surface area (Å²) in [6.07, 6.45) is 2.32. The number of ether oxygens (including phenoxy) is 2. The zero-order valence-electron chi connectivity index (χ0n) is 12.3. The van der Waals surface area contributed by atoms with Crippen molar-refractivity contribution in [1.29, 1.82) is 0 Å². The first-order chi connectivity index (χ1) is 11.0. The van der Waals surface area contributed by atoms with E-state index in [1.54, 1.807) is 24.3 Å². The van der Waals surface area contributed by atoms with Gasteiger partial charge in [0.15, 0.2) is 0 Å². The Labute approximate surface area is 131 Å². The highest BCUT2D eigenvalue weighted by molar-refractivity contribution is 5.97. The number of carboxylic acid groups (broad SMARTS) is 1. The molecule has 4 atom stereocenters. The van der Waals surface area contributed by atoms with Gasteiger partial charge in [0, 0.05) is 5.69 Å². The van der Waals surface area contributed by atoms with E-state index >= 15 is 0 Å². The molecule has 2 bridgehead atoms. The topological polar surface area (TPSA) is 102 Å². The van der Waals surface area contributed by atoms with Crippen LogP contribution in [-0.2, 0) is 19.1 Å². The monoisotopic (exact) mass is 317 g/mol. The Hall–Kier alpha value is -2.67. The molecule has 2 N–H and O–H groups in total. The summed E-state index contributed by atoms with van der Waals surface area (Å²) in [6.45, 7) is 0. The molecule has 1 fully saturated rings. The number of aliphatic carboxylic acids is 1. The van der Waals surface area contributed by atoms with E-state index in [9.17, 15) is 19.5 Å². The lowest BCUT2D eigenvalue weighted by Gasteiger charge is -2.21. The van der Waals surface area contributed by atoms with Crippen LogP contribution in [0.5, 0.6) is 0 Å². The third-order valence-electron chi connectivity index (χ3n) is 4.06. The van der Waals surface area contributed by atoms with Crippen molar-refractivity contribution in [2.45, 2.75) is 12.2 Å². The fourth-order valence-corrected chi connectivity index (χ4v) is 2.95. The summed E-state index contributed by atoms with van der Waals surface area (Å²) in [5.41, 5.74) is 0.832. The van der Waals surface area contributed by atoms with E-state index in [2.05, 4.69) is 10.1 Å². The van der Waals surface area contributed by atoms with Crippen LogP contribution in [0, 0.1) is 11.8 Å². The van der Waals surface area contributed by atoms with Gasteiger partial charge in [0.25, 0.3) is 0 Å². The molecule has 7 heteroatoms. The van der Waals surface area contributed by atoms with Crippen LogP contribution >= 0.6 is 0 Å². The molecule has 0 saturated carbocycles. The fourth-order valence-electron chi connectivity index (χ4n) is 2.95. The van der Waals surface area contributed by atoms with Crippen LogP contribution in [0.3, 0.4) is 0 Å². The molecular weight excluding hydrogens is 302 g/mol. The van der Waals surface area contributed by atoms with Crippen molar-refractivity contribution in [1.82, 2.24) is 0 Å². The van der Waals surface area contributed by atoms with Crippen LogP contribution in [0.1, 0.15) is 10.4 Å². The lowest BCUT2D eigenvalue weighted by Crippen LogP contribution is -2.39. The van der Waals surface area contributed by atoms with Crippen molar-refractivity contribution in [3.8, 4) is 0 Å². The highest BCUT2D eigenvalue weighted by Crippen LogP contribution is 2.39.